The van der Waals surface area contributed by atoms with Crippen molar-refractivity contribution in [1.82, 2.24) is 0 Å². The van der Waals surface area contributed by atoms with Crippen molar-refractivity contribution in [3.63, 3.8) is 0 Å². The molecule has 0 aromatic heterocycles. The predicted octanol–water partition coefficient (Wildman–Crippen LogP) is 1.73. The zero-order chi connectivity index (χ0) is 11.8. The molecule has 0 bridgehead atoms. The smallest absolute Gasteiger partial charge is 0.203 e. The SMILES string of the molecule is COC1(OC)CN(c2ccc(Cl)c(N)c2)C1. The lowest BCUT2D eigenvalue weighted by Gasteiger charge is -2.48. The molecule has 1 aromatic carbocycles. The summed E-state index contributed by atoms with van der Waals surface area (Å²) in [5, 5.41) is 0.578. The second-order valence-corrected chi connectivity index (χ2v) is 4.29. The molecule has 1 fully saturated rings. The first-order chi connectivity index (χ1) is 7.60. The Kier molecular flexibility index (Phi) is 2.97. The van der Waals surface area contributed by atoms with Gasteiger partial charge in [0.05, 0.1) is 23.8 Å². The van der Waals surface area contributed by atoms with E-state index in [-0.39, 0.29) is 0 Å². The Labute approximate surface area is 99.9 Å². The van der Waals surface area contributed by atoms with E-state index >= 15 is 0 Å². The molecule has 0 spiro atoms. The fourth-order valence-corrected chi connectivity index (χ4v) is 1.90. The van der Waals surface area contributed by atoms with Crippen LogP contribution in [0.2, 0.25) is 5.02 Å². The lowest BCUT2D eigenvalue weighted by Crippen LogP contribution is -2.64. The van der Waals surface area contributed by atoms with Crippen LogP contribution in [0.25, 0.3) is 0 Å². The van der Waals surface area contributed by atoms with E-state index < -0.39 is 5.79 Å². The van der Waals surface area contributed by atoms with Gasteiger partial charge in [-0.3, -0.25) is 0 Å². The van der Waals surface area contributed by atoms with Gasteiger partial charge in [0.2, 0.25) is 5.79 Å². The summed E-state index contributed by atoms with van der Waals surface area (Å²) in [6, 6.07) is 5.59. The van der Waals surface area contributed by atoms with E-state index in [0.29, 0.717) is 23.8 Å². The van der Waals surface area contributed by atoms with E-state index in [4.69, 9.17) is 26.8 Å². The number of benzene rings is 1. The van der Waals surface area contributed by atoms with E-state index in [9.17, 15) is 0 Å². The molecule has 0 amide bonds. The van der Waals surface area contributed by atoms with Crippen LogP contribution in [0.1, 0.15) is 0 Å². The van der Waals surface area contributed by atoms with Crippen LogP contribution in [0, 0.1) is 0 Å². The standard InChI is InChI=1S/C11H15ClN2O2/c1-15-11(16-2)6-14(7-11)8-3-4-9(12)10(13)5-8/h3-5H,6-7,13H2,1-2H3. The molecule has 5 heteroatoms. The van der Waals surface area contributed by atoms with Gasteiger partial charge in [0.25, 0.3) is 0 Å². The summed E-state index contributed by atoms with van der Waals surface area (Å²) < 4.78 is 10.6. The molecular weight excluding hydrogens is 228 g/mol. The van der Waals surface area contributed by atoms with Crippen molar-refractivity contribution in [2.24, 2.45) is 0 Å². The molecule has 1 saturated heterocycles. The van der Waals surface area contributed by atoms with E-state index in [1.54, 1.807) is 20.3 Å². The van der Waals surface area contributed by atoms with Crippen LogP contribution in [0.4, 0.5) is 11.4 Å². The molecule has 4 nitrogen and oxygen atoms in total. The van der Waals surface area contributed by atoms with Crippen molar-refractivity contribution in [3.05, 3.63) is 23.2 Å². The Morgan fingerprint density at radius 2 is 1.94 bits per heavy atom. The fraction of sp³-hybridized carbons (Fsp3) is 0.455. The molecule has 1 aromatic rings. The first-order valence-electron chi connectivity index (χ1n) is 5.00. The lowest BCUT2D eigenvalue weighted by atomic mass is 10.1. The van der Waals surface area contributed by atoms with Crippen LogP contribution in [0.5, 0.6) is 0 Å². The summed E-state index contributed by atoms with van der Waals surface area (Å²) in [4.78, 5) is 2.12. The third kappa shape index (κ3) is 1.84. The Balaban J connectivity index is 2.09. The molecule has 1 heterocycles. The highest BCUT2D eigenvalue weighted by Crippen LogP contribution is 2.33. The summed E-state index contributed by atoms with van der Waals surface area (Å²) >= 11 is 5.86. The number of hydrogen-bond acceptors (Lipinski definition) is 4. The second-order valence-electron chi connectivity index (χ2n) is 3.88. The van der Waals surface area contributed by atoms with Crippen molar-refractivity contribution in [2.75, 3.05) is 37.9 Å². The molecule has 1 aliphatic rings. The van der Waals surface area contributed by atoms with Crippen LogP contribution in [-0.2, 0) is 9.47 Å². The van der Waals surface area contributed by atoms with Crippen molar-refractivity contribution >= 4 is 23.0 Å². The predicted molar refractivity (Wildman–Crippen MR) is 64.8 cm³/mol. The first kappa shape index (κ1) is 11.5. The van der Waals surface area contributed by atoms with E-state index in [1.165, 1.54) is 0 Å². The largest absolute Gasteiger partial charge is 0.397 e. The lowest BCUT2D eigenvalue weighted by molar-refractivity contribution is -0.219. The number of halogens is 1. The maximum absolute atomic E-state index is 5.86. The van der Waals surface area contributed by atoms with Gasteiger partial charge in [-0.1, -0.05) is 11.6 Å². The van der Waals surface area contributed by atoms with Gasteiger partial charge in [0, 0.05) is 19.9 Å². The van der Waals surface area contributed by atoms with Gasteiger partial charge in [0.15, 0.2) is 0 Å². The molecule has 1 aliphatic heterocycles. The third-order valence-corrected chi connectivity index (χ3v) is 3.30. The highest BCUT2D eigenvalue weighted by Gasteiger charge is 2.43. The quantitative estimate of drug-likeness (QED) is 0.648. The number of nitrogens with zero attached hydrogens (tertiary/aromatic N) is 1. The van der Waals surface area contributed by atoms with Gasteiger partial charge in [-0.25, -0.2) is 0 Å². The first-order valence-corrected chi connectivity index (χ1v) is 5.38. The van der Waals surface area contributed by atoms with Crippen molar-refractivity contribution in [2.45, 2.75) is 5.79 Å². The van der Waals surface area contributed by atoms with Crippen LogP contribution >= 0.6 is 11.6 Å². The molecule has 0 radical (unpaired) electrons. The minimum Gasteiger partial charge on any atom is -0.397 e. The Bertz CT molecular complexity index is 386. The average molecular weight is 243 g/mol. The summed E-state index contributed by atoms with van der Waals surface area (Å²) in [7, 11) is 3.30. The van der Waals surface area contributed by atoms with Crippen molar-refractivity contribution in [1.29, 1.82) is 0 Å². The minimum absolute atomic E-state index is 0.478. The maximum atomic E-state index is 5.86. The molecule has 16 heavy (non-hydrogen) atoms. The van der Waals surface area contributed by atoms with E-state index in [1.807, 2.05) is 12.1 Å². The molecule has 0 unspecified atom stereocenters. The monoisotopic (exact) mass is 242 g/mol. The summed E-state index contributed by atoms with van der Waals surface area (Å²) in [5.74, 6) is -0.478. The Hall–Kier alpha value is -0.970. The van der Waals surface area contributed by atoms with Crippen molar-refractivity contribution in [3.8, 4) is 0 Å². The number of nitrogen functional groups attached to an aromatic ring is 1. The van der Waals surface area contributed by atoms with E-state index in [0.717, 1.165) is 5.69 Å². The third-order valence-electron chi connectivity index (χ3n) is 2.95. The number of nitrogens with two attached hydrogens (primary N) is 1. The topological polar surface area (TPSA) is 47.7 Å². The van der Waals surface area contributed by atoms with Gasteiger partial charge in [-0.05, 0) is 18.2 Å². The van der Waals surface area contributed by atoms with Gasteiger partial charge in [0.1, 0.15) is 0 Å². The Morgan fingerprint density at radius 3 is 2.44 bits per heavy atom. The van der Waals surface area contributed by atoms with Crippen molar-refractivity contribution < 1.29 is 9.47 Å². The van der Waals surface area contributed by atoms with Gasteiger partial charge >= 0.3 is 0 Å². The number of hydrogen-bond donors (Lipinski definition) is 1. The number of anilines is 2. The molecule has 2 rings (SSSR count). The molecule has 0 atom stereocenters. The minimum atomic E-state index is -0.478. The molecule has 2 N–H and O–H groups in total. The normalized spacial score (nSPS) is 18.3. The summed E-state index contributed by atoms with van der Waals surface area (Å²) in [6.45, 7) is 1.39. The van der Waals surface area contributed by atoms with E-state index in [2.05, 4.69) is 4.90 Å². The number of rotatable bonds is 3. The average Bonchev–Trinajstić information content (AvgIpc) is 2.23. The van der Waals surface area contributed by atoms with Crippen LogP contribution in [-0.4, -0.2) is 33.1 Å². The Morgan fingerprint density at radius 1 is 1.31 bits per heavy atom. The summed E-state index contributed by atoms with van der Waals surface area (Å²) in [6.07, 6.45) is 0. The number of methoxy groups -OCH3 is 2. The summed E-state index contributed by atoms with van der Waals surface area (Å²) in [5.41, 5.74) is 7.37. The molecular formula is C11H15ClN2O2. The molecule has 0 aliphatic carbocycles. The molecule has 88 valence electrons. The molecule has 0 saturated carbocycles. The van der Waals surface area contributed by atoms with Gasteiger partial charge in [-0.15, -0.1) is 0 Å². The second kappa shape index (κ2) is 4.13. The highest BCUT2D eigenvalue weighted by atomic mass is 35.5. The number of ether oxygens (including phenoxy) is 2. The van der Waals surface area contributed by atoms with Gasteiger partial charge < -0.3 is 20.1 Å². The maximum Gasteiger partial charge on any atom is 0.203 e. The van der Waals surface area contributed by atoms with Crippen LogP contribution < -0.4 is 10.6 Å². The van der Waals surface area contributed by atoms with Crippen LogP contribution in [0.15, 0.2) is 18.2 Å². The highest BCUT2D eigenvalue weighted by molar-refractivity contribution is 6.33. The fourth-order valence-electron chi connectivity index (χ4n) is 1.79. The van der Waals surface area contributed by atoms with Crippen LogP contribution in [0.3, 0.4) is 0 Å². The van der Waals surface area contributed by atoms with Gasteiger partial charge in [-0.2, -0.15) is 0 Å². The zero-order valence-electron chi connectivity index (χ0n) is 9.37. The zero-order valence-corrected chi connectivity index (χ0v) is 10.1.